The highest BCUT2D eigenvalue weighted by atomic mass is 16.5. The maximum absolute atomic E-state index is 12.5. The van der Waals surface area contributed by atoms with Gasteiger partial charge in [0.2, 0.25) is 0 Å². The molecule has 0 unspecified atom stereocenters. The van der Waals surface area contributed by atoms with E-state index >= 15 is 0 Å². The number of carbonyl (C=O) groups excluding carboxylic acids is 2. The lowest BCUT2D eigenvalue weighted by molar-refractivity contribution is -0.882. The van der Waals surface area contributed by atoms with Crippen LogP contribution in [0.2, 0.25) is 0 Å². The van der Waals surface area contributed by atoms with Crippen molar-refractivity contribution in [3.05, 3.63) is 30.3 Å². The summed E-state index contributed by atoms with van der Waals surface area (Å²) in [6.45, 7) is 7.66. The van der Waals surface area contributed by atoms with Crippen LogP contribution < -0.4 is 4.74 Å². The third kappa shape index (κ3) is 4.09. The van der Waals surface area contributed by atoms with E-state index in [-0.39, 0.29) is 35.4 Å². The molecular weight excluding hydrogens is 354 g/mol. The number of likely N-dealkylation sites (N-methyl/N-ethyl adjacent to an activating group) is 1. The number of hydrogen-bond acceptors (Lipinski definition) is 4. The van der Waals surface area contributed by atoms with Gasteiger partial charge < -0.3 is 14.0 Å². The van der Waals surface area contributed by atoms with Crippen molar-refractivity contribution in [1.82, 2.24) is 0 Å². The number of fused-ring (bicyclic) bond motifs is 2. The predicted octanol–water partition coefficient (Wildman–Crippen LogP) is 3.82. The lowest BCUT2D eigenvalue weighted by Gasteiger charge is -2.38. The highest BCUT2D eigenvalue weighted by molar-refractivity contribution is 5.73. The second kappa shape index (κ2) is 7.51. The number of ether oxygens (including phenoxy) is 2. The van der Waals surface area contributed by atoms with Gasteiger partial charge in [-0.3, -0.25) is 4.79 Å². The molecule has 2 saturated carbocycles. The number of quaternary nitrogens is 1. The van der Waals surface area contributed by atoms with E-state index < -0.39 is 0 Å². The lowest BCUT2D eigenvalue weighted by atomic mass is 9.70. The van der Waals surface area contributed by atoms with Crippen molar-refractivity contribution in [3.8, 4) is 5.75 Å². The van der Waals surface area contributed by atoms with Gasteiger partial charge in [-0.2, -0.15) is 0 Å². The van der Waals surface area contributed by atoms with Gasteiger partial charge in [-0.25, -0.2) is 4.79 Å². The minimum Gasteiger partial charge on any atom is -0.462 e. The summed E-state index contributed by atoms with van der Waals surface area (Å²) in [6.07, 6.45) is 3.69. The van der Waals surface area contributed by atoms with Crippen molar-refractivity contribution in [3.63, 3.8) is 0 Å². The molecule has 5 heteroatoms. The first-order valence-electron chi connectivity index (χ1n) is 10.3. The Hall–Kier alpha value is -1.88. The van der Waals surface area contributed by atoms with Crippen LogP contribution in [0.25, 0.3) is 0 Å². The van der Waals surface area contributed by atoms with Crippen molar-refractivity contribution < 1.29 is 23.5 Å². The van der Waals surface area contributed by atoms with E-state index in [4.69, 9.17) is 9.47 Å². The summed E-state index contributed by atoms with van der Waals surface area (Å²) in [5.41, 5.74) is 0.311. The maximum Gasteiger partial charge on any atom is 0.367 e. The van der Waals surface area contributed by atoms with E-state index in [1.165, 1.54) is 6.42 Å². The van der Waals surface area contributed by atoms with E-state index in [1.807, 2.05) is 32.3 Å². The van der Waals surface area contributed by atoms with Gasteiger partial charge in [-0.1, -0.05) is 39.0 Å². The Balaban J connectivity index is 1.47. The molecule has 0 saturated heterocycles. The van der Waals surface area contributed by atoms with Crippen LogP contribution in [0.5, 0.6) is 5.75 Å². The quantitative estimate of drug-likeness (QED) is 0.405. The van der Waals surface area contributed by atoms with Gasteiger partial charge >= 0.3 is 11.9 Å². The minimum absolute atomic E-state index is 0.0207. The van der Waals surface area contributed by atoms with Crippen molar-refractivity contribution in [1.29, 1.82) is 0 Å². The molecule has 2 bridgehead atoms. The zero-order valence-electron chi connectivity index (χ0n) is 17.9. The van der Waals surface area contributed by atoms with Crippen LogP contribution in [0.15, 0.2) is 30.3 Å². The van der Waals surface area contributed by atoms with Gasteiger partial charge in [-0.15, -0.1) is 0 Å². The molecule has 2 aliphatic carbocycles. The fraction of sp³-hybridized carbons (Fsp3) is 0.652. The summed E-state index contributed by atoms with van der Waals surface area (Å²) in [5, 5.41) is 0. The average Bonchev–Trinajstić information content (AvgIpc) is 2.94. The Morgan fingerprint density at radius 2 is 1.79 bits per heavy atom. The fourth-order valence-corrected chi connectivity index (χ4v) is 5.00. The largest absolute Gasteiger partial charge is 0.462 e. The standard InChI is InChI=1S/C23H34NO4/c1-22(2)17-11-13-23(22,3)19(15-17)28-20(25)12-14-24(4,5)16-21(26)27-18-9-7-6-8-10-18/h6-10,17,19H,11-16H2,1-5H3/q+1/t17-,19-,23+/m0/s1. The molecule has 0 radical (unpaired) electrons. The third-order valence-corrected chi connectivity index (χ3v) is 7.44. The number of nitrogens with zero attached hydrogens (tertiary/aromatic N) is 1. The Bertz CT molecular complexity index is 727. The van der Waals surface area contributed by atoms with Crippen molar-refractivity contribution in [2.45, 2.75) is 52.6 Å². The van der Waals surface area contributed by atoms with Crippen LogP contribution in [-0.4, -0.2) is 49.7 Å². The first kappa shape index (κ1) is 20.8. The maximum atomic E-state index is 12.5. The molecule has 0 heterocycles. The van der Waals surface area contributed by atoms with E-state index in [9.17, 15) is 9.59 Å². The number of carbonyl (C=O) groups is 2. The normalized spacial score (nSPS) is 28.2. The molecule has 154 valence electrons. The van der Waals surface area contributed by atoms with Gasteiger partial charge in [0, 0.05) is 5.41 Å². The first-order chi connectivity index (χ1) is 13.0. The zero-order chi connectivity index (χ0) is 20.6. The number of rotatable bonds is 7. The molecule has 3 atom stereocenters. The molecule has 1 aromatic carbocycles. The lowest BCUT2D eigenvalue weighted by Crippen LogP contribution is -2.46. The molecule has 0 aliphatic heterocycles. The van der Waals surface area contributed by atoms with Crippen LogP contribution >= 0.6 is 0 Å². The number of benzene rings is 1. The molecule has 0 N–H and O–H groups in total. The molecule has 2 fully saturated rings. The van der Waals surface area contributed by atoms with E-state index in [0.717, 1.165) is 12.8 Å². The van der Waals surface area contributed by atoms with Crippen molar-refractivity contribution >= 4 is 11.9 Å². The number of esters is 2. The summed E-state index contributed by atoms with van der Waals surface area (Å²) >= 11 is 0. The predicted molar refractivity (Wildman–Crippen MR) is 108 cm³/mol. The van der Waals surface area contributed by atoms with Crippen LogP contribution in [0, 0.1) is 16.7 Å². The number of para-hydroxylation sites is 1. The summed E-state index contributed by atoms with van der Waals surface area (Å²) < 4.78 is 11.7. The summed E-state index contributed by atoms with van der Waals surface area (Å²) in [4.78, 5) is 24.7. The molecule has 1 aromatic rings. The monoisotopic (exact) mass is 388 g/mol. The summed E-state index contributed by atoms with van der Waals surface area (Å²) in [5.74, 6) is 0.735. The Morgan fingerprint density at radius 3 is 2.36 bits per heavy atom. The molecule has 3 rings (SSSR count). The van der Waals surface area contributed by atoms with Gasteiger partial charge in [0.25, 0.3) is 0 Å². The summed E-state index contributed by atoms with van der Waals surface area (Å²) in [6, 6.07) is 9.05. The van der Waals surface area contributed by atoms with E-state index in [2.05, 4.69) is 20.8 Å². The molecule has 2 aliphatic rings. The number of hydrogen-bond donors (Lipinski definition) is 0. The van der Waals surface area contributed by atoms with Crippen molar-refractivity contribution in [2.24, 2.45) is 16.7 Å². The van der Waals surface area contributed by atoms with Crippen molar-refractivity contribution in [2.75, 3.05) is 27.2 Å². The highest BCUT2D eigenvalue weighted by Crippen LogP contribution is 2.66. The Morgan fingerprint density at radius 1 is 1.11 bits per heavy atom. The second-order valence-electron chi connectivity index (χ2n) is 9.94. The van der Waals surface area contributed by atoms with Gasteiger partial charge in [0.15, 0.2) is 6.54 Å². The molecular formula is C23H34NO4+. The van der Waals surface area contributed by atoms with E-state index in [1.54, 1.807) is 12.1 Å². The SMILES string of the molecule is CC1(C)[C@H]2CC[C@]1(C)[C@@H](OC(=O)CC[N+](C)(C)CC(=O)Oc1ccccc1)C2. The van der Waals surface area contributed by atoms with Crippen LogP contribution in [0.4, 0.5) is 0 Å². The molecule has 0 amide bonds. The minimum atomic E-state index is -0.299. The Kier molecular flexibility index (Phi) is 5.59. The van der Waals surface area contributed by atoms with Gasteiger partial charge in [0.1, 0.15) is 11.9 Å². The molecule has 0 spiro atoms. The molecule has 5 nitrogen and oxygen atoms in total. The third-order valence-electron chi connectivity index (χ3n) is 7.44. The van der Waals surface area contributed by atoms with Crippen LogP contribution in [0.1, 0.15) is 46.5 Å². The van der Waals surface area contributed by atoms with Gasteiger partial charge in [0.05, 0.1) is 27.1 Å². The zero-order valence-corrected chi connectivity index (χ0v) is 17.9. The summed E-state index contributed by atoms with van der Waals surface area (Å²) in [7, 11) is 3.86. The van der Waals surface area contributed by atoms with Crippen LogP contribution in [0.3, 0.4) is 0 Å². The fourth-order valence-electron chi connectivity index (χ4n) is 5.00. The van der Waals surface area contributed by atoms with E-state index in [0.29, 0.717) is 29.1 Å². The smallest absolute Gasteiger partial charge is 0.367 e. The first-order valence-corrected chi connectivity index (χ1v) is 10.3. The Labute approximate surface area is 168 Å². The topological polar surface area (TPSA) is 52.6 Å². The molecule has 28 heavy (non-hydrogen) atoms. The molecule has 0 aromatic heterocycles. The highest BCUT2D eigenvalue weighted by Gasteiger charge is 2.62. The second-order valence-corrected chi connectivity index (χ2v) is 9.94. The average molecular weight is 389 g/mol. The van der Waals surface area contributed by atoms with Crippen LogP contribution in [-0.2, 0) is 14.3 Å². The van der Waals surface area contributed by atoms with Gasteiger partial charge in [-0.05, 0) is 42.7 Å².